The Hall–Kier alpha value is -0.880. The van der Waals surface area contributed by atoms with E-state index in [2.05, 4.69) is 47.3 Å². The highest BCUT2D eigenvalue weighted by molar-refractivity contribution is 9.10. The molecule has 3 N–H and O–H groups in total. The summed E-state index contributed by atoms with van der Waals surface area (Å²) < 4.78 is 6.47. The number of halogens is 1. The van der Waals surface area contributed by atoms with E-state index in [-0.39, 0.29) is 6.04 Å². The molecule has 0 saturated heterocycles. The van der Waals surface area contributed by atoms with Gasteiger partial charge in [0.05, 0.1) is 13.2 Å². The van der Waals surface area contributed by atoms with E-state index in [1.54, 1.807) is 18.4 Å². The molecule has 0 fully saturated rings. The molecule has 2 aromatic rings. The molecule has 20 heavy (non-hydrogen) atoms. The SMILES string of the molecule is COc1ccc(Br)cc1CC(NN)c1cc(C)c(C)s1. The van der Waals surface area contributed by atoms with Crippen molar-refractivity contribution < 1.29 is 4.74 Å². The van der Waals surface area contributed by atoms with Crippen molar-refractivity contribution >= 4 is 27.3 Å². The lowest BCUT2D eigenvalue weighted by Crippen LogP contribution is -2.29. The fraction of sp³-hybridized carbons (Fsp3) is 0.333. The first-order chi connectivity index (χ1) is 9.55. The van der Waals surface area contributed by atoms with Crippen molar-refractivity contribution in [2.45, 2.75) is 26.3 Å². The van der Waals surface area contributed by atoms with E-state index in [1.807, 2.05) is 12.1 Å². The van der Waals surface area contributed by atoms with E-state index in [4.69, 9.17) is 10.6 Å². The molecule has 5 heteroatoms. The van der Waals surface area contributed by atoms with Gasteiger partial charge in [0.1, 0.15) is 5.75 Å². The monoisotopic (exact) mass is 354 g/mol. The molecule has 0 amide bonds. The molecule has 0 saturated carbocycles. The molecule has 2 rings (SSSR count). The number of rotatable bonds is 5. The van der Waals surface area contributed by atoms with Crippen molar-refractivity contribution in [3.8, 4) is 5.75 Å². The summed E-state index contributed by atoms with van der Waals surface area (Å²) in [5, 5.41) is 0. The first-order valence-corrected chi connectivity index (χ1v) is 8.01. The maximum Gasteiger partial charge on any atom is 0.122 e. The van der Waals surface area contributed by atoms with Crippen LogP contribution in [0.2, 0.25) is 0 Å². The van der Waals surface area contributed by atoms with Crippen LogP contribution < -0.4 is 16.0 Å². The van der Waals surface area contributed by atoms with Crippen LogP contribution in [0.25, 0.3) is 0 Å². The fourth-order valence-corrected chi connectivity index (χ4v) is 3.65. The zero-order chi connectivity index (χ0) is 14.7. The number of nitrogens with one attached hydrogen (secondary N) is 1. The number of benzene rings is 1. The molecule has 0 aliphatic carbocycles. The van der Waals surface area contributed by atoms with Crippen LogP contribution in [0.15, 0.2) is 28.7 Å². The first-order valence-electron chi connectivity index (χ1n) is 6.40. The average Bonchev–Trinajstić information content (AvgIpc) is 2.76. The molecule has 1 atom stereocenters. The van der Waals surface area contributed by atoms with Gasteiger partial charge in [-0.15, -0.1) is 11.3 Å². The summed E-state index contributed by atoms with van der Waals surface area (Å²) >= 11 is 5.29. The minimum atomic E-state index is 0.0931. The third-order valence-corrected chi connectivity index (χ3v) is 5.16. The van der Waals surface area contributed by atoms with E-state index in [0.29, 0.717) is 0 Å². The third kappa shape index (κ3) is 3.41. The van der Waals surface area contributed by atoms with Crippen LogP contribution in [0.1, 0.15) is 26.9 Å². The Morgan fingerprint density at radius 3 is 2.65 bits per heavy atom. The second-order valence-electron chi connectivity index (χ2n) is 4.77. The molecule has 108 valence electrons. The quantitative estimate of drug-likeness (QED) is 0.632. The van der Waals surface area contributed by atoms with Gasteiger partial charge in [-0.1, -0.05) is 15.9 Å². The smallest absolute Gasteiger partial charge is 0.122 e. The Morgan fingerprint density at radius 2 is 2.10 bits per heavy atom. The predicted molar refractivity (Wildman–Crippen MR) is 88.3 cm³/mol. The zero-order valence-corrected chi connectivity index (χ0v) is 14.3. The molecule has 1 unspecified atom stereocenters. The Morgan fingerprint density at radius 1 is 1.35 bits per heavy atom. The normalized spacial score (nSPS) is 12.4. The van der Waals surface area contributed by atoms with Crippen molar-refractivity contribution in [1.29, 1.82) is 0 Å². The molecule has 1 aromatic carbocycles. The number of hydrogen-bond donors (Lipinski definition) is 2. The molecule has 0 radical (unpaired) electrons. The van der Waals surface area contributed by atoms with Gasteiger partial charge in [0.15, 0.2) is 0 Å². The highest BCUT2D eigenvalue weighted by Gasteiger charge is 2.16. The van der Waals surface area contributed by atoms with Crippen molar-refractivity contribution in [3.05, 3.63) is 49.6 Å². The Kier molecular flexibility index (Phi) is 5.21. The van der Waals surface area contributed by atoms with Crippen molar-refractivity contribution in [2.24, 2.45) is 5.84 Å². The molecular weight excluding hydrogens is 336 g/mol. The molecule has 0 aliphatic heterocycles. The summed E-state index contributed by atoms with van der Waals surface area (Å²) in [5.74, 6) is 6.63. The molecule has 1 aromatic heterocycles. The molecule has 3 nitrogen and oxygen atoms in total. The van der Waals surface area contributed by atoms with E-state index in [1.165, 1.54) is 15.3 Å². The number of methoxy groups -OCH3 is 1. The minimum Gasteiger partial charge on any atom is -0.496 e. The average molecular weight is 355 g/mol. The first kappa shape index (κ1) is 15.5. The summed E-state index contributed by atoms with van der Waals surface area (Å²) in [5.41, 5.74) is 5.36. The topological polar surface area (TPSA) is 47.3 Å². The van der Waals surface area contributed by atoms with Crippen LogP contribution in [-0.4, -0.2) is 7.11 Å². The van der Waals surface area contributed by atoms with Gasteiger partial charge in [0, 0.05) is 14.2 Å². The fourth-order valence-electron chi connectivity index (χ4n) is 2.14. The second kappa shape index (κ2) is 6.72. The van der Waals surface area contributed by atoms with E-state index in [9.17, 15) is 0 Å². The number of nitrogens with two attached hydrogens (primary N) is 1. The molecule has 1 heterocycles. The van der Waals surface area contributed by atoms with Crippen LogP contribution in [-0.2, 0) is 6.42 Å². The van der Waals surface area contributed by atoms with Gasteiger partial charge in [-0.25, -0.2) is 0 Å². The molecular formula is C15H19BrN2OS. The van der Waals surface area contributed by atoms with Crippen molar-refractivity contribution in [1.82, 2.24) is 5.43 Å². The van der Waals surface area contributed by atoms with Crippen molar-refractivity contribution in [3.63, 3.8) is 0 Å². The Balaban J connectivity index is 2.28. The van der Waals surface area contributed by atoms with Crippen LogP contribution in [0.3, 0.4) is 0 Å². The van der Waals surface area contributed by atoms with Gasteiger partial charge in [-0.05, 0) is 55.7 Å². The minimum absolute atomic E-state index is 0.0931. The predicted octanol–water partition coefficient (Wildman–Crippen LogP) is 3.88. The summed E-state index contributed by atoms with van der Waals surface area (Å²) in [6.07, 6.45) is 0.790. The van der Waals surface area contributed by atoms with Gasteiger partial charge >= 0.3 is 0 Å². The number of aryl methyl sites for hydroxylation is 2. The van der Waals surface area contributed by atoms with Crippen LogP contribution in [0.4, 0.5) is 0 Å². The summed E-state index contributed by atoms with van der Waals surface area (Å²) in [4.78, 5) is 2.59. The summed E-state index contributed by atoms with van der Waals surface area (Å²) in [6, 6.07) is 8.33. The lowest BCUT2D eigenvalue weighted by atomic mass is 10.0. The standard InChI is InChI=1S/C15H19BrN2OS/c1-9-6-15(20-10(9)2)13(18-17)8-11-7-12(16)4-5-14(11)19-3/h4-7,13,18H,8,17H2,1-3H3. The van der Waals surface area contributed by atoms with Gasteiger partial charge in [0.2, 0.25) is 0 Å². The highest BCUT2D eigenvalue weighted by Crippen LogP contribution is 2.31. The summed E-state index contributed by atoms with van der Waals surface area (Å²) in [6.45, 7) is 4.26. The molecule has 0 bridgehead atoms. The van der Waals surface area contributed by atoms with Crippen LogP contribution >= 0.6 is 27.3 Å². The van der Waals surface area contributed by atoms with Gasteiger partial charge in [-0.2, -0.15) is 0 Å². The largest absolute Gasteiger partial charge is 0.496 e. The lowest BCUT2D eigenvalue weighted by molar-refractivity contribution is 0.406. The van der Waals surface area contributed by atoms with Gasteiger partial charge in [-0.3, -0.25) is 11.3 Å². The van der Waals surface area contributed by atoms with Gasteiger partial charge in [0.25, 0.3) is 0 Å². The number of thiophene rings is 1. The zero-order valence-electron chi connectivity index (χ0n) is 11.9. The number of ether oxygens (including phenoxy) is 1. The third-order valence-electron chi connectivity index (χ3n) is 3.40. The number of hydrogen-bond acceptors (Lipinski definition) is 4. The van der Waals surface area contributed by atoms with Crippen LogP contribution in [0.5, 0.6) is 5.75 Å². The van der Waals surface area contributed by atoms with E-state index >= 15 is 0 Å². The van der Waals surface area contributed by atoms with E-state index < -0.39 is 0 Å². The van der Waals surface area contributed by atoms with Crippen LogP contribution in [0, 0.1) is 13.8 Å². The second-order valence-corrected chi connectivity index (χ2v) is 6.97. The molecule has 0 spiro atoms. The summed E-state index contributed by atoms with van der Waals surface area (Å²) in [7, 11) is 1.69. The molecule has 0 aliphatic rings. The number of hydrazine groups is 1. The maximum absolute atomic E-state index is 5.75. The van der Waals surface area contributed by atoms with Gasteiger partial charge < -0.3 is 4.74 Å². The highest BCUT2D eigenvalue weighted by atomic mass is 79.9. The maximum atomic E-state index is 5.75. The Labute approximate surface area is 132 Å². The van der Waals surface area contributed by atoms with E-state index in [0.717, 1.165) is 22.2 Å². The Bertz CT molecular complexity index is 578. The van der Waals surface area contributed by atoms with Crippen molar-refractivity contribution in [2.75, 3.05) is 7.11 Å². The lowest BCUT2D eigenvalue weighted by Gasteiger charge is -2.16.